The summed E-state index contributed by atoms with van der Waals surface area (Å²) in [6, 6.07) is 0. The summed E-state index contributed by atoms with van der Waals surface area (Å²) in [5, 5.41) is 7.27. The predicted octanol–water partition coefficient (Wildman–Crippen LogP) is 2.07. The van der Waals surface area contributed by atoms with Crippen LogP contribution in [0.5, 0.6) is 0 Å². The van der Waals surface area contributed by atoms with Gasteiger partial charge in [0, 0.05) is 17.2 Å². The summed E-state index contributed by atoms with van der Waals surface area (Å²) in [4.78, 5) is 0. The highest BCUT2D eigenvalue weighted by Gasteiger charge is 2.54. The van der Waals surface area contributed by atoms with E-state index in [4.69, 9.17) is 5.73 Å². The van der Waals surface area contributed by atoms with Crippen molar-refractivity contribution in [3.8, 4) is 0 Å². The Balaban J connectivity index is 1.90. The van der Waals surface area contributed by atoms with Gasteiger partial charge in [0.05, 0.1) is 0 Å². The van der Waals surface area contributed by atoms with Gasteiger partial charge < -0.3 is 5.73 Å². The molecule has 0 aliphatic heterocycles. The van der Waals surface area contributed by atoms with Gasteiger partial charge >= 0.3 is 0 Å². The number of aromatic nitrogens is 2. The zero-order chi connectivity index (χ0) is 9.71. The summed E-state index contributed by atoms with van der Waals surface area (Å²) >= 11 is 0. The maximum atomic E-state index is 5.83. The van der Waals surface area contributed by atoms with E-state index in [0.29, 0.717) is 5.82 Å². The normalized spacial score (nSPS) is 34.5. The van der Waals surface area contributed by atoms with Gasteiger partial charge in [-0.3, -0.25) is 5.10 Å². The molecule has 1 heterocycles. The van der Waals surface area contributed by atoms with Gasteiger partial charge in [-0.1, -0.05) is 13.3 Å². The maximum absolute atomic E-state index is 5.83. The van der Waals surface area contributed by atoms with Crippen LogP contribution in [0.4, 0.5) is 5.82 Å². The van der Waals surface area contributed by atoms with Crippen LogP contribution in [0.1, 0.15) is 43.4 Å². The summed E-state index contributed by atoms with van der Waals surface area (Å²) in [6.45, 7) is 2.16. The third-order valence-electron chi connectivity index (χ3n) is 4.02. The van der Waals surface area contributed by atoms with Crippen LogP contribution in [0.15, 0.2) is 0 Å². The van der Waals surface area contributed by atoms with E-state index >= 15 is 0 Å². The van der Waals surface area contributed by atoms with Crippen molar-refractivity contribution in [2.45, 2.75) is 38.5 Å². The van der Waals surface area contributed by atoms with E-state index < -0.39 is 0 Å². The molecule has 2 aliphatic rings. The molecule has 3 nitrogen and oxygen atoms in total. The summed E-state index contributed by atoms with van der Waals surface area (Å²) in [5.41, 5.74) is 8.44. The second-order valence-electron chi connectivity index (χ2n) is 4.64. The summed E-state index contributed by atoms with van der Waals surface area (Å²) in [6.07, 6.45) is 5.26. The Labute approximate surface area is 84.1 Å². The SMILES string of the molecule is CCc1c(N)n[nH]c1C1C2CCCC21. The number of anilines is 1. The van der Waals surface area contributed by atoms with Crippen molar-refractivity contribution < 1.29 is 0 Å². The van der Waals surface area contributed by atoms with Crippen molar-refractivity contribution >= 4 is 5.82 Å². The second-order valence-corrected chi connectivity index (χ2v) is 4.64. The fraction of sp³-hybridized carbons (Fsp3) is 0.727. The molecule has 14 heavy (non-hydrogen) atoms. The molecule has 1 aromatic rings. The average molecular weight is 191 g/mol. The number of rotatable bonds is 2. The lowest BCUT2D eigenvalue weighted by Gasteiger charge is -2.03. The number of H-pyrrole nitrogens is 1. The van der Waals surface area contributed by atoms with Crippen molar-refractivity contribution in [3.05, 3.63) is 11.3 Å². The second kappa shape index (κ2) is 2.75. The first-order valence-corrected chi connectivity index (χ1v) is 5.65. The summed E-state index contributed by atoms with van der Waals surface area (Å²) < 4.78 is 0. The Bertz CT molecular complexity index is 345. The lowest BCUT2D eigenvalue weighted by molar-refractivity contribution is 0.666. The Hall–Kier alpha value is -0.990. The largest absolute Gasteiger partial charge is 0.382 e. The maximum Gasteiger partial charge on any atom is 0.148 e. The van der Waals surface area contributed by atoms with Gasteiger partial charge in [-0.05, 0) is 31.1 Å². The molecule has 2 unspecified atom stereocenters. The van der Waals surface area contributed by atoms with Gasteiger partial charge in [0.2, 0.25) is 0 Å². The molecule has 0 amide bonds. The third kappa shape index (κ3) is 0.954. The molecule has 3 heteroatoms. The first-order chi connectivity index (χ1) is 6.83. The van der Waals surface area contributed by atoms with Gasteiger partial charge in [0.25, 0.3) is 0 Å². The van der Waals surface area contributed by atoms with Gasteiger partial charge in [0.1, 0.15) is 5.82 Å². The number of hydrogen-bond acceptors (Lipinski definition) is 2. The Morgan fingerprint density at radius 2 is 2.14 bits per heavy atom. The van der Waals surface area contributed by atoms with E-state index in [1.165, 1.54) is 30.5 Å². The van der Waals surface area contributed by atoms with E-state index in [9.17, 15) is 0 Å². The molecule has 1 aromatic heterocycles. The number of hydrogen-bond donors (Lipinski definition) is 2. The molecule has 0 aromatic carbocycles. The molecule has 0 saturated heterocycles. The highest BCUT2D eigenvalue weighted by molar-refractivity contribution is 5.45. The fourth-order valence-electron chi connectivity index (χ4n) is 3.29. The minimum Gasteiger partial charge on any atom is -0.382 e. The minimum absolute atomic E-state index is 0.715. The zero-order valence-electron chi connectivity index (χ0n) is 8.59. The highest BCUT2D eigenvalue weighted by atomic mass is 15.2. The molecule has 0 bridgehead atoms. The topological polar surface area (TPSA) is 54.7 Å². The number of fused-ring (bicyclic) bond motifs is 1. The molecule has 2 fully saturated rings. The van der Waals surface area contributed by atoms with Crippen molar-refractivity contribution in [3.63, 3.8) is 0 Å². The standard InChI is InChI=1S/C11H17N3/c1-2-6-10(13-14-11(6)12)9-7-4-3-5-8(7)9/h7-9H,2-5H2,1H3,(H3,12,13,14). The Kier molecular flexibility index (Phi) is 1.64. The number of nitrogen functional groups attached to an aromatic ring is 1. The van der Waals surface area contributed by atoms with Crippen LogP contribution in [0.3, 0.4) is 0 Å². The lowest BCUT2D eigenvalue weighted by atomic mass is 10.0. The molecule has 2 saturated carbocycles. The molecule has 0 spiro atoms. The van der Waals surface area contributed by atoms with Crippen molar-refractivity contribution in [1.82, 2.24) is 10.2 Å². The van der Waals surface area contributed by atoms with Gasteiger partial charge in [0.15, 0.2) is 0 Å². The molecule has 0 radical (unpaired) electrons. The summed E-state index contributed by atoms with van der Waals surface area (Å²) in [5.74, 6) is 3.37. The number of nitrogens with two attached hydrogens (primary N) is 1. The Morgan fingerprint density at radius 1 is 1.43 bits per heavy atom. The fourth-order valence-corrected chi connectivity index (χ4v) is 3.29. The highest BCUT2D eigenvalue weighted by Crippen LogP contribution is 2.63. The van der Waals surface area contributed by atoms with E-state index in [1.54, 1.807) is 0 Å². The number of nitrogens with one attached hydrogen (secondary N) is 1. The molecule has 2 atom stereocenters. The molecule has 76 valence electrons. The monoisotopic (exact) mass is 191 g/mol. The van der Waals surface area contributed by atoms with Crippen LogP contribution in [-0.2, 0) is 6.42 Å². The van der Waals surface area contributed by atoms with Crippen LogP contribution < -0.4 is 5.73 Å². The number of aromatic amines is 1. The van der Waals surface area contributed by atoms with Crippen molar-refractivity contribution in [2.24, 2.45) is 11.8 Å². The molecule has 3 N–H and O–H groups in total. The minimum atomic E-state index is 0.715. The average Bonchev–Trinajstić information content (AvgIpc) is 2.61. The molecule has 2 aliphatic carbocycles. The van der Waals surface area contributed by atoms with Gasteiger partial charge in [-0.25, -0.2) is 0 Å². The number of nitrogens with zero attached hydrogens (tertiary/aromatic N) is 1. The Morgan fingerprint density at radius 3 is 2.79 bits per heavy atom. The molecular weight excluding hydrogens is 174 g/mol. The zero-order valence-corrected chi connectivity index (χ0v) is 8.59. The van der Waals surface area contributed by atoms with E-state index in [2.05, 4.69) is 17.1 Å². The smallest absolute Gasteiger partial charge is 0.148 e. The van der Waals surface area contributed by atoms with E-state index in [0.717, 1.165) is 24.2 Å². The van der Waals surface area contributed by atoms with E-state index in [1.807, 2.05) is 0 Å². The lowest BCUT2D eigenvalue weighted by Crippen LogP contribution is -1.95. The predicted molar refractivity (Wildman–Crippen MR) is 56.0 cm³/mol. The van der Waals surface area contributed by atoms with Crippen LogP contribution in [0.25, 0.3) is 0 Å². The molecular formula is C11H17N3. The van der Waals surface area contributed by atoms with Crippen molar-refractivity contribution in [1.29, 1.82) is 0 Å². The van der Waals surface area contributed by atoms with Crippen LogP contribution >= 0.6 is 0 Å². The van der Waals surface area contributed by atoms with Gasteiger partial charge in [-0.2, -0.15) is 5.10 Å². The van der Waals surface area contributed by atoms with E-state index in [-0.39, 0.29) is 0 Å². The third-order valence-corrected chi connectivity index (χ3v) is 4.02. The quantitative estimate of drug-likeness (QED) is 0.751. The van der Waals surface area contributed by atoms with Gasteiger partial charge in [-0.15, -0.1) is 0 Å². The summed E-state index contributed by atoms with van der Waals surface area (Å²) in [7, 11) is 0. The van der Waals surface area contributed by atoms with Crippen LogP contribution in [-0.4, -0.2) is 10.2 Å². The van der Waals surface area contributed by atoms with Crippen LogP contribution in [0.2, 0.25) is 0 Å². The first kappa shape index (κ1) is 8.33. The molecule has 3 rings (SSSR count). The first-order valence-electron chi connectivity index (χ1n) is 5.65. The van der Waals surface area contributed by atoms with Crippen molar-refractivity contribution in [2.75, 3.05) is 5.73 Å². The van der Waals surface area contributed by atoms with Crippen LogP contribution in [0, 0.1) is 11.8 Å².